The largest absolute Gasteiger partial charge is 0.464 e. The van der Waals surface area contributed by atoms with E-state index in [1.807, 2.05) is 5.43 Å². The van der Waals surface area contributed by atoms with Crippen LogP contribution >= 0.6 is 0 Å². The van der Waals surface area contributed by atoms with E-state index in [9.17, 15) is 4.79 Å². The van der Waals surface area contributed by atoms with Gasteiger partial charge in [0.15, 0.2) is 0 Å². The summed E-state index contributed by atoms with van der Waals surface area (Å²) in [4.78, 5) is 14.1. The quantitative estimate of drug-likeness (QED) is 0.489. The summed E-state index contributed by atoms with van der Waals surface area (Å²) < 4.78 is 0. The molecule has 0 aromatic rings. The van der Waals surface area contributed by atoms with E-state index in [0.717, 1.165) is 5.17 Å². The molecule has 0 aromatic heterocycles. The molecular formula is C3H8N2O3. The molecule has 2 N–H and O–H groups in total. The predicted octanol–water partition coefficient (Wildman–Crippen LogP) is -0.338. The summed E-state index contributed by atoms with van der Waals surface area (Å²) in [5.74, 6) is 0. The van der Waals surface area contributed by atoms with Gasteiger partial charge in [0.25, 0.3) is 0 Å². The van der Waals surface area contributed by atoms with Gasteiger partial charge in [0.2, 0.25) is 0 Å². The van der Waals surface area contributed by atoms with E-state index in [2.05, 4.69) is 4.84 Å². The molecule has 0 rings (SSSR count). The van der Waals surface area contributed by atoms with Crippen LogP contribution in [0.2, 0.25) is 0 Å². The minimum atomic E-state index is -1.14. The zero-order valence-corrected chi connectivity index (χ0v) is 4.71. The normalized spacial score (nSPS) is 9.38. The maximum Gasteiger partial charge on any atom is 0.421 e. The predicted molar refractivity (Wildman–Crippen MR) is 25.9 cm³/mol. The Morgan fingerprint density at radius 1 is 1.88 bits per heavy atom. The van der Waals surface area contributed by atoms with Crippen molar-refractivity contribution in [1.82, 2.24) is 10.6 Å². The van der Waals surface area contributed by atoms with Crippen molar-refractivity contribution in [2.45, 2.75) is 0 Å². The van der Waals surface area contributed by atoms with Gasteiger partial charge >= 0.3 is 6.09 Å². The van der Waals surface area contributed by atoms with Crippen LogP contribution in [0.1, 0.15) is 0 Å². The van der Waals surface area contributed by atoms with E-state index >= 15 is 0 Å². The number of hydrazine groups is 1. The number of hydrogen-bond donors (Lipinski definition) is 2. The average Bonchev–Trinajstić information content (AvgIpc) is 1.65. The van der Waals surface area contributed by atoms with Crippen LogP contribution in [-0.4, -0.2) is 30.5 Å². The summed E-state index contributed by atoms with van der Waals surface area (Å²) in [5, 5.41) is 8.96. The highest BCUT2D eigenvalue weighted by Gasteiger charge is 1.96. The third kappa shape index (κ3) is 3.38. The number of hydrogen-bond acceptors (Lipinski definition) is 3. The highest BCUT2D eigenvalue weighted by Crippen LogP contribution is 1.70. The van der Waals surface area contributed by atoms with Gasteiger partial charge in [-0.25, -0.2) is 10.2 Å². The Morgan fingerprint density at radius 3 is 2.50 bits per heavy atom. The Balaban J connectivity index is 3.24. The number of hydroxylamine groups is 1. The monoisotopic (exact) mass is 120 g/mol. The van der Waals surface area contributed by atoms with Gasteiger partial charge in [-0.05, 0) is 0 Å². The summed E-state index contributed by atoms with van der Waals surface area (Å²) >= 11 is 0. The molecule has 0 saturated heterocycles. The highest BCUT2D eigenvalue weighted by molar-refractivity contribution is 5.63. The van der Waals surface area contributed by atoms with Crippen molar-refractivity contribution in [3.63, 3.8) is 0 Å². The van der Waals surface area contributed by atoms with Crippen molar-refractivity contribution in [2.75, 3.05) is 14.2 Å². The van der Waals surface area contributed by atoms with Crippen LogP contribution in [0.25, 0.3) is 0 Å². The lowest BCUT2D eigenvalue weighted by Gasteiger charge is -2.10. The van der Waals surface area contributed by atoms with E-state index in [-0.39, 0.29) is 0 Å². The van der Waals surface area contributed by atoms with E-state index in [1.165, 1.54) is 14.2 Å². The molecule has 0 aromatic carbocycles. The Kier molecular flexibility index (Phi) is 2.90. The minimum absolute atomic E-state index is 0.975. The molecule has 0 aliphatic rings. The standard InChI is InChI=1S/C3H8N2O3/c1-5(8-2)4-3(6)7/h4H,1-2H3,(H,6,7). The molecule has 0 spiro atoms. The van der Waals surface area contributed by atoms with Crippen LogP contribution in [0.3, 0.4) is 0 Å². The molecule has 5 nitrogen and oxygen atoms in total. The first-order valence-corrected chi connectivity index (χ1v) is 1.94. The van der Waals surface area contributed by atoms with Crippen molar-refractivity contribution in [2.24, 2.45) is 0 Å². The van der Waals surface area contributed by atoms with Crippen molar-refractivity contribution in [3.8, 4) is 0 Å². The van der Waals surface area contributed by atoms with Crippen LogP contribution < -0.4 is 5.43 Å². The first-order chi connectivity index (χ1) is 3.66. The van der Waals surface area contributed by atoms with Crippen LogP contribution in [0.5, 0.6) is 0 Å². The van der Waals surface area contributed by atoms with Gasteiger partial charge in [0.1, 0.15) is 0 Å². The second kappa shape index (κ2) is 3.23. The zero-order chi connectivity index (χ0) is 6.57. The van der Waals surface area contributed by atoms with Crippen LogP contribution in [0.4, 0.5) is 4.79 Å². The molecule has 1 amide bonds. The number of carboxylic acid groups (broad SMARTS) is 1. The molecule has 0 radical (unpaired) electrons. The average molecular weight is 120 g/mol. The molecule has 0 aliphatic heterocycles. The second-order valence-corrected chi connectivity index (χ2v) is 1.10. The Labute approximate surface area is 46.8 Å². The lowest BCUT2D eigenvalue weighted by molar-refractivity contribution is -0.141. The van der Waals surface area contributed by atoms with Gasteiger partial charge in [-0.15, -0.1) is 5.17 Å². The van der Waals surface area contributed by atoms with E-state index < -0.39 is 6.09 Å². The lowest BCUT2D eigenvalue weighted by Crippen LogP contribution is -2.37. The maximum atomic E-state index is 9.74. The molecule has 0 heterocycles. The lowest BCUT2D eigenvalue weighted by atomic mass is 11.2. The zero-order valence-electron chi connectivity index (χ0n) is 4.71. The number of carbonyl (C=O) groups is 1. The summed E-state index contributed by atoms with van der Waals surface area (Å²) in [6.07, 6.45) is -1.14. The topological polar surface area (TPSA) is 61.8 Å². The Hall–Kier alpha value is -0.810. The minimum Gasteiger partial charge on any atom is -0.464 e. The van der Waals surface area contributed by atoms with E-state index in [4.69, 9.17) is 5.11 Å². The maximum absolute atomic E-state index is 9.74. The molecular weight excluding hydrogens is 112 g/mol. The molecule has 5 heteroatoms. The van der Waals surface area contributed by atoms with Gasteiger partial charge in [0.05, 0.1) is 7.11 Å². The van der Waals surface area contributed by atoms with Crippen LogP contribution in [0, 0.1) is 0 Å². The second-order valence-electron chi connectivity index (χ2n) is 1.10. The highest BCUT2D eigenvalue weighted by atomic mass is 16.7. The van der Waals surface area contributed by atoms with Gasteiger partial charge in [0, 0.05) is 7.05 Å². The van der Waals surface area contributed by atoms with Crippen molar-refractivity contribution in [1.29, 1.82) is 0 Å². The fraction of sp³-hybridized carbons (Fsp3) is 0.667. The molecule has 0 bridgehead atoms. The van der Waals surface area contributed by atoms with Crippen LogP contribution in [0.15, 0.2) is 0 Å². The number of amides is 1. The van der Waals surface area contributed by atoms with E-state index in [1.54, 1.807) is 0 Å². The Morgan fingerprint density at radius 2 is 2.38 bits per heavy atom. The van der Waals surface area contributed by atoms with Crippen LogP contribution in [-0.2, 0) is 4.84 Å². The summed E-state index contributed by atoms with van der Waals surface area (Å²) in [6.45, 7) is 0. The van der Waals surface area contributed by atoms with Gasteiger partial charge < -0.3 is 5.11 Å². The molecule has 0 saturated carbocycles. The first kappa shape index (κ1) is 7.19. The van der Waals surface area contributed by atoms with E-state index in [0.29, 0.717) is 0 Å². The Bertz CT molecular complexity index is 84.6. The van der Waals surface area contributed by atoms with Gasteiger partial charge in [-0.3, -0.25) is 4.84 Å². The fourth-order valence-electron chi connectivity index (χ4n) is 0.180. The molecule has 0 aliphatic carbocycles. The van der Waals surface area contributed by atoms with Gasteiger partial charge in [-0.2, -0.15) is 0 Å². The molecule has 0 unspecified atom stereocenters. The van der Waals surface area contributed by atoms with Crippen molar-refractivity contribution in [3.05, 3.63) is 0 Å². The third-order valence-corrected chi connectivity index (χ3v) is 0.527. The van der Waals surface area contributed by atoms with Crippen molar-refractivity contribution >= 4 is 6.09 Å². The van der Waals surface area contributed by atoms with Crippen molar-refractivity contribution < 1.29 is 14.7 Å². The third-order valence-electron chi connectivity index (χ3n) is 0.527. The number of rotatable bonds is 2. The number of nitrogens with one attached hydrogen (secondary N) is 1. The summed E-state index contributed by atoms with van der Waals surface area (Å²) in [7, 11) is 2.80. The molecule has 8 heavy (non-hydrogen) atoms. The SMILES string of the molecule is CON(C)NC(=O)O. The smallest absolute Gasteiger partial charge is 0.421 e. The molecule has 48 valence electrons. The summed E-state index contributed by atoms with van der Waals surface area (Å²) in [5.41, 5.74) is 1.92. The summed E-state index contributed by atoms with van der Waals surface area (Å²) in [6, 6.07) is 0. The first-order valence-electron chi connectivity index (χ1n) is 1.94. The molecule has 0 atom stereocenters. The fourth-order valence-corrected chi connectivity index (χ4v) is 0.180. The molecule has 0 fully saturated rings. The van der Waals surface area contributed by atoms with Gasteiger partial charge in [-0.1, -0.05) is 0 Å². The number of nitrogens with zero attached hydrogens (tertiary/aromatic N) is 1.